The molecule has 0 aliphatic heterocycles. The third-order valence-corrected chi connectivity index (χ3v) is 4.58. The summed E-state index contributed by atoms with van der Waals surface area (Å²) in [5, 5.41) is 3.58. The SMILES string of the molecule is CCn1c(C)cc(CNc2ccc3c(c2)CCC3)c1C. The van der Waals surface area contributed by atoms with E-state index in [9.17, 15) is 0 Å². The number of rotatable bonds is 4. The number of hydrogen-bond donors (Lipinski definition) is 1. The van der Waals surface area contributed by atoms with Gasteiger partial charge in [-0.05, 0) is 74.9 Å². The Morgan fingerprint density at radius 3 is 2.65 bits per heavy atom. The molecule has 0 amide bonds. The maximum Gasteiger partial charge on any atom is 0.0418 e. The average molecular weight is 268 g/mol. The first kappa shape index (κ1) is 13.3. The third-order valence-electron chi connectivity index (χ3n) is 4.58. The quantitative estimate of drug-likeness (QED) is 0.878. The lowest BCUT2D eigenvalue weighted by atomic mass is 10.1. The van der Waals surface area contributed by atoms with E-state index in [1.807, 2.05) is 0 Å². The molecule has 3 rings (SSSR count). The summed E-state index contributed by atoms with van der Waals surface area (Å²) >= 11 is 0. The maximum absolute atomic E-state index is 3.58. The van der Waals surface area contributed by atoms with Crippen LogP contribution in [0.25, 0.3) is 0 Å². The van der Waals surface area contributed by atoms with Crippen LogP contribution in [-0.2, 0) is 25.9 Å². The molecule has 1 aromatic carbocycles. The second-order valence-electron chi connectivity index (χ2n) is 5.83. The van der Waals surface area contributed by atoms with Crippen LogP contribution < -0.4 is 5.32 Å². The van der Waals surface area contributed by atoms with Gasteiger partial charge in [0.05, 0.1) is 0 Å². The summed E-state index contributed by atoms with van der Waals surface area (Å²) in [7, 11) is 0. The minimum Gasteiger partial charge on any atom is -0.381 e. The molecule has 0 atom stereocenters. The van der Waals surface area contributed by atoms with Gasteiger partial charge in [-0.2, -0.15) is 0 Å². The highest BCUT2D eigenvalue weighted by Gasteiger charge is 2.11. The Morgan fingerprint density at radius 1 is 1.10 bits per heavy atom. The van der Waals surface area contributed by atoms with Crippen LogP contribution in [-0.4, -0.2) is 4.57 Å². The predicted octanol–water partition coefficient (Wildman–Crippen LogP) is 4.23. The molecule has 20 heavy (non-hydrogen) atoms. The van der Waals surface area contributed by atoms with Gasteiger partial charge >= 0.3 is 0 Å². The van der Waals surface area contributed by atoms with Gasteiger partial charge in [0, 0.05) is 30.2 Å². The van der Waals surface area contributed by atoms with E-state index in [4.69, 9.17) is 0 Å². The predicted molar refractivity (Wildman–Crippen MR) is 85.4 cm³/mol. The van der Waals surface area contributed by atoms with E-state index < -0.39 is 0 Å². The molecule has 1 aromatic heterocycles. The van der Waals surface area contributed by atoms with Crippen LogP contribution in [0.2, 0.25) is 0 Å². The van der Waals surface area contributed by atoms with Crippen molar-refractivity contribution in [2.75, 3.05) is 5.32 Å². The van der Waals surface area contributed by atoms with E-state index in [1.165, 1.54) is 47.5 Å². The molecule has 0 bridgehead atoms. The molecule has 0 radical (unpaired) electrons. The fourth-order valence-electron chi connectivity index (χ4n) is 3.42. The lowest BCUT2D eigenvalue weighted by Crippen LogP contribution is -2.03. The van der Waals surface area contributed by atoms with Gasteiger partial charge < -0.3 is 9.88 Å². The van der Waals surface area contributed by atoms with Crippen LogP contribution >= 0.6 is 0 Å². The highest BCUT2D eigenvalue weighted by atomic mass is 15.0. The summed E-state index contributed by atoms with van der Waals surface area (Å²) in [5.74, 6) is 0. The molecular formula is C18H24N2. The maximum atomic E-state index is 3.58. The van der Waals surface area contributed by atoms with Crippen molar-refractivity contribution >= 4 is 5.69 Å². The lowest BCUT2D eigenvalue weighted by molar-refractivity contribution is 0.715. The van der Waals surface area contributed by atoms with Crippen molar-refractivity contribution in [1.82, 2.24) is 4.57 Å². The normalized spacial score (nSPS) is 13.6. The molecule has 0 unspecified atom stereocenters. The number of anilines is 1. The van der Waals surface area contributed by atoms with Crippen LogP contribution in [0, 0.1) is 13.8 Å². The van der Waals surface area contributed by atoms with Crippen molar-refractivity contribution in [1.29, 1.82) is 0 Å². The first-order valence-electron chi connectivity index (χ1n) is 7.70. The molecule has 0 spiro atoms. The Bertz CT molecular complexity index is 623. The van der Waals surface area contributed by atoms with Crippen LogP contribution in [0.4, 0.5) is 5.69 Å². The molecule has 2 aromatic rings. The Morgan fingerprint density at radius 2 is 1.90 bits per heavy atom. The third kappa shape index (κ3) is 2.35. The number of nitrogens with one attached hydrogen (secondary N) is 1. The number of hydrogen-bond acceptors (Lipinski definition) is 1. The summed E-state index contributed by atoms with van der Waals surface area (Å²) in [6, 6.07) is 9.16. The largest absolute Gasteiger partial charge is 0.381 e. The molecule has 0 saturated heterocycles. The molecule has 0 fully saturated rings. The van der Waals surface area contributed by atoms with E-state index in [-0.39, 0.29) is 0 Å². The number of aryl methyl sites for hydroxylation is 3. The molecule has 2 nitrogen and oxygen atoms in total. The Balaban J connectivity index is 1.73. The topological polar surface area (TPSA) is 17.0 Å². The molecule has 2 heteroatoms. The number of nitrogens with zero attached hydrogens (tertiary/aromatic N) is 1. The molecule has 0 saturated carbocycles. The zero-order chi connectivity index (χ0) is 14.1. The summed E-state index contributed by atoms with van der Waals surface area (Å²) in [5.41, 5.74) is 8.49. The van der Waals surface area contributed by atoms with Crippen molar-refractivity contribution in [3.63, 3.8) is 0 Å². The molecule has 1 aliphatic carbocycles. The van der Waals surface area contributed by atoms with Gasteiger partial charge in [0.1, 0.15) is 0 Å². The lowest BCUT2D eigenvalue weighted by Gasteiger charge is -2.09. The fourth-order valence-corrected chi connectivity index (χ4v) is 3.42. The van der Waals surface area contributed by atoms with Crippen molar-refractivity contribution in [3.8, 4) is 0 Å². The summed E-state index contributed by atoms with van der Waals surface area (Å²) in [6.45, 7) is 8.58. The summed E-state index contributed by atoms with van der Waals surface area (Å²) in [6.07, 6.45) is 3.82. The van der Waals surface area contributed by atoms with Crippen LogP contribution in [0.5, 0.6) is 0 Å². The Kier molecular flexibility index (Phi) is 3.56. The van der Waals surface area contributed by atoms with Gasteiger partial charge in [0.15, 0.2) is 0 Å². The van der Waals surface area contributed by atoms with Crippen molar-refractivity contribution in [2.24, 2.45) is 0 Å². The van der Waals surface area contributed by atoms with Gasteiger partial charge in [-0.3, -0.25) is 0 Å². The number of aromatic nitrogens is 1. The minimum atomic E-state index is 0.915. The molecule has 106 valence electrons. The van der Waals surface area contributed by atoms with Crippen molar-refractivity contribution < 1.29 is 0 Å². The average Bonchev–Trinajstić information content (AvgIpc) is 3.00. The number of fused-ring (bicyclic) bond motifs is 1. The molecule has 1 heterocycles. The highest BCUT2D eigenvalue weighted by Crippen LogP contribution is 2.25. The molecule has 1 N–H and O–H groups in total. The van der Waals surface area contributed by atoms with Crippen LogP contribution in [0.3, 0.4) is 0 Å². The van der Waals surface area contributed by atoms with E-state index in [1.54, 1.807) is 5.56 Å². The van der Waals surface area contributed by atoms with E-state index >= 15 is 0 Å². The summed E-state index contributed by atoms with van der Waals surface area (Å²) < 4.78 is 2.37. The second-order valence-corrected chi connectivity index (χ2v) is 5.83. The van der Waals surface area contributed by atoms with Gasteiger partial charge in [-0.25, -0.2) is 0 Å². The van der Waals surface area contributed by atoms with Gasteiger partial charge in [-0.15, -0.1) is 0 Å². The molecule has 1 aliphatic rings. The zero-order valence-electron chi connectivity index (χ0n) is 12.8. The first-order chi connectivity index (χ1) is 9.69. The van der Waals surface area contributed by atoms with Crippen LogP contribution in [0.15, 0.2) is 24.3 Å². The van der Waals surface area contributed by atoms with E-state index in [2.05, 4.69) is 54.9 Å². The van der Waals surface area contributed by atoms with E-state index in [0.717, 1.165) is 13.1 Å². The smallest absolute Gasteiger partial charge is 0.0418 e. The van der Waals surface area contributed by atoms with Crippen molar-refractivity contribution in [2.45, 2.75) is 53.1 Å². The standard InChI is InChI=1S/C18H24N2/c1-4-20-13(2)10-17(14(20)3)12-19-18-9-8-15-6-5-7-16(15)11-18/h8-11,19H,4-7,12H2,1-3H3. The zero-order valence-corrected chi connectivity index (χ0v) is 12.8. The number of benzene rings is 1. The minimum absolute atomic E-state index is 0.915. The first-order valence-corrected chi connectivity index (χ1v) is 7.70. The van der Waals surface area contributed by atoms with Gasteiger partial charge in [0.2, 0.25) is 0 Å². The van der Waals surface area contributed by atoms with Crippen LogP contribution in [0.1, 0.15) is 41.4 Å². The Labute approximate surface area is 121 Å². The second kappa shape index (κ2) is 5.35. The monoisotopic (exact) mass is 268 g/mol. The Hall–Kier alpha value is -1.70. The van der Waals surface area contributed by atoms with Crippen molar-refractivity contribution in [3.05, 3.63) is 52.3 Å². The van der Waals surface area contributed by atoms with Gasteiger partial charge in [-0.1, -0.05) is 6.07 Å². The molecular weight excluding hydrogens is 244 g/mol. The fraction of sp³-hybridized carbons (Fsp3) is 0.444. The van der Waals surface area contributed by atoms with E-state index in [0.29, 0.717) is 0 Å². The summed E-state index contributed by atoms with van der Waals surface area (Å²) in [4.78, 5) is 0. The highest BCUT2D eigenvalue weighted by molar-refractivity contribution is 5.50. The van der Waals surface area contributed by atoms with Gasteiger partial charge in [0.25, 0.3) is 0 Å².